The van der Waals surface area contributed by atoms with Crippen LogP contribution in [-0.4, -0.2) is 18.9 Å². The van der Waals surface area contributed by atoms with Crippen molar-refractivity contribution in [1.29, 1.82) is 0 Å². The minimum Gasteiger partial charge on any atom is -0.497 e. The Morgan fingerprint density at radius 2 is 1.24 bits per heavy atom. The van der Waals surface area contributed by atoms with E-state index >= 15 is 0 Å². The molecule has 0 amide bonds. The molecule has 0 spiro atoms. The Hall–Kier alpha value is -3.14. The van der Waals surface area contributed by atoms with Gasteiger partial charge in [-0.15, -0.1) is 0 Å². The van der Waals surface area contributed by atoms with Crippen molar-refractivity contribution in [2.45, 2.75) is 96.8 Å². The molecule has 206 valence electrons. The van der Waals surface area contributed by atoms with Gasteiger partial charge in [0.2, 0.25) is 0 Å². The zero-order chi connectivity index (χ0) is 27.3. The maximum Gasteiger partial charge on any atom is 0.311 e. The Morgan fingerprint density at radius 1 is 0.684 bits per heavy atom. The molecule has 0 N–H and O–H groups in total. The molecule has 0 saturated carbocycles. The van der Waals surface area contributed by atoms with E-state index in [0.717, 1.165) is 37.0 Å². The van der Waals surface area contributed by atoms with Crippen LogP contribution in [0.1, 0.15) is 113 Å². The molecule has 4 nitrogen and oxygen atoms in total. The van der Waals surface area contributed by atoms with Gasteiger partial charge in [-0.05, 0) is 80.1 Å². The number of hydrogen-bond donors (Lipinski definition) is 0. The van der Waals surface area contributed by atoms with Crippen molar-refractivity contribution in [2.24, 2.45) is 0 Å². The monoisotopic (exact) mass is 518 g/mol. The van der Waals surface area contributed by atoms with Crippen LogP contribution in [0.4, 0.5) is 0 Å². The Morgan fingerprint density at radius 3 is 1.84 bits per heavy atom. The number of allylic oxidation sites excluding steroid dienone is 3. The lowest BCUT2D eigenvalue weighted by atomic mass is 10.1. The summed E-state index contributed by atoms with van der Waals surface area (Å²) in [6, 6.07) is 14.2. The smallest absolute Gasteiger partial charge is 0.311 e. The third-order valence-electron chi connectivity index (χ3n) is 6.56. The number of unbranched alkanes of at least 4 members (excludes halogenated alkanes) is 11. The Bertz CT molecular complexity index is 971. The lowest BCUT2D eigenvalue weighted by Gasteiger charge is -2.05. The molecule has 2 aromatic rings. The van der Waals surface area contributed by atoms with E-state index in [4.69, 9.17) is 9.47 Å². The number of carbonyl (C=O) groups excluding carboxylic acids is 2. The lowest BCUT2D eigenvalue weighted by molar-refractivity contribution is -0.134. The average molecular weight is 519 g/mol. The first-order chi connectivity index (χ1) is 18.6. The molecule has 0 bridgehead atoms. The van der Waals surface area contributed by atoms with E-state index in [1.807, 2.05) is 24.3 Å². The van der Waals surface area contributed by atoms with Gasteiger partial charge in [0.05, 0.1) is 7.11 Å². The van der Waals surface area contributed by atoms with Gasteiger partial charge in [-0.2, -0.15) is 0 Å². The number of hydrogen-bond acceptors (Lipinski definition) is 4. The van der Waals surface area contributed by atoms with E-state index in [1.165, 1.54) is 63.9 Å². The summed E-state index contributed by atoms with van der Waals surface area (Å²) in [6.45, 7) is 2.26. The molecule has 0 saturated heterocycles. The summed E-state index contributed by atoms with van der Waals surface area (Å²) >= 11 is 0. The Balaban J connectivity index is 1.52. The van der Waals surface area contributed by atoms with Crippen molar-refractivity contribution < 1.29 is 19.1 Å². The summed E-state index contributed by atoms with van der Waals surface area (Å²) in [5.41, 5.74) is 1.46. The highest BCUT2D eigenvalue weighted by Gasteiger charge is 2.07. The average Bonchev–Trinajstić information content (AvgIpc) is 2.94. The van der Waals surface area contributed by atoms with Crippen LogP contribution in [0.15, 0.2) is 66.8 Å². The molecule has 0 aliphatic rings. The van der Waals surface area contributed by atoms with E-state index in [-0.39, 0.29) is 11.8 Å². The van der Waals surface area contributed by atoms with Crippen LogP contribution in [-0.2, 0) is 4.79 Å². The molecule has 0 radical (unpaired) electrons. The summed E-state index contributed by atoms with van der Waals surface area (Å²) < 4.78 is 10.6. The minimum atomic E-state index is -0.221. The van der Waals surface area contributed by atoms with Crippen LogP contribution in [0.25, 0.3) is 6.08 Å². The van der Waals surface area contributed by atoms with Crippen molar-refractivity contribution in [3.8, 4) is 11.5 Å². The molecular formula is C34H46O4. The van der Waals surface area contributed by atoms with Gasteiger partial charge >= 0.3 is 5.97 Å². The molecule has 0 unspecified atom stereocenters. The number of carbonyl (C=O) groups is 2. The molecule has 0 fully saturated rings. The molecule has 0 aromatic heterocycles. The third-order valence-corrected chi connectivity index (χ3v) is 6.56. The number of ether oxygens (including phenoxy) is 2. The summed E-state index contributed by atoms with van der Waals surface area (Å²) in [5.74, 6) is 0.919. The van der Waals surface area contributed by atoms with Gasteiger partial charge in [0.1, 0.15) is 11.5 Å². The topological polar surface area (TPSA) is 52.6 Å². The summed E-state index contributed by atoms with van der Waals surface area (Å²) in [7, 11) is 1.62. The second-order valence-corrected chi connectivity index (χ2v) is 9.80. The highest BCUT2D eigenvalue weighted by Crippen LogP contribution is 2.17. The normalized spacial score (nSPS) is 11.3. The van der Waals surface area contributed by atoms with Crippen LogP contribution < -0.4 is 9.47 Å². The van der Waals surface area contributed by atoms with E-state index in [2.05, 4.69) is 19.1 Å². The van der Waals surface area contributed by atoms with E-state index in [0.29, 0.717) is 17.7 Å². The zero-order valence-electron chi connectivity index (χ0n) is 23.5. The number of methoxy groups -OCH3 is 1. The first-order valence-electron chi connectivity index (χ1n) is 14.4. The van der Waals surface area contributed by atoms with Crippen molar-refractivity contribution in [1.82, 2.24) is 0 Å². The van der Waals surface area contributed by atoms with E-state index in [9.17, 15) is 9.59 Å². The van der Waals surface area contributed by atoms with Crippen LogP contribution in [0, 0.1) is 0 Å². The molecule has 0 aliphatic carbocycles. The number of rotatable bonds is 20. The Labute approximate surface area is 230 Å². The maximum absolute atomic E-state index is 12.4. The third kappa shape index (κ3) is 14.0. The Kier molecular flexibility index (Phi) is 16.3. The molecule has 0 atom stereocenters. The second-order valence-electron chi connectivity index (χ2n) is 9.80. The fraction of sp³-hybridized carbons (Fsp3) is 0.471. The van der Waals surface area contributed by atoms with Gasteiger partial charge in [0.15, 0.2) is 5.78 Å². The molecule has 0 aliphatic heterocycles. The van der Waals surface area contributed by atoms with Gasteiger partial charge in [-0.1, -0.05) is 88.7 Å². The minimum absolute atomic E-state index is 0.105. The van der Waals surface area contributed by atoms with Crippen molar-refractivity contribution in [2.75, 3.05) is 7.11 Å². The first kappa shape index (κ1) is 31.1. The number of benzene rings is 2. The second kappa shape index (κ2) is 19.9. The molecule has 4 heteroatoms. The summed E-state index contributed by atoms with van der Waals surface area (Å²) in [5, 5.41) is 0. The lowest BCUT2D eigenvalue weighted by Crippen LogP contribution is -2.07. The summed E-state index contributed by atoms with van der Waals surface area (Å²) in [6.07, 6.45) is 24.4. The first-order valence-corrected chi connectivity index (χ1v) is 14.4. The number of ketones is 1. The molecular weight excluding hydrogens is 472 g/mol. The highest BCUT2D eigenvalue weighted by atomic mass is 16.5. The molecule has 2 aromatic carbocycles. The molecule has 0 heterocycles. The largest absolute Gasteiger partial charge is 0.497 e. The molecule has 2 rings (SSSR count). The number of esters is 1. The fourth-order valence-corrected chi connectivity index (χ4v) is 4.19. The predicted octanol–water partition coefficient (Wildman–Crippen LogP) is 9.53. The van der Waals surface area contributed by atoms with Crippen LogP contribution >= 0.6 is 0 Å². The van der Waals surface area contributed by atoms with Crippen LogP contribution in [0.2, 0.25) is 0 Å². The fourth-order valence-electron chi connectivity index (χ4n) is 4.19. The van der Waals surface area contributed by atoms with Gasteiger partial charge in [-0.25, -0.2) is 0 Å². The maximum atomic E-state index is 12.4. The van der Waals surface area contributed by atoms with Crippen LogP contribution in [0.3, 0.4) is 0 Å². The van der Waals surface area contributed by atoms with Crippen molar-refractivity contribution in [3.63, 3.8) is 0 Å². The van der Waals surface area contributed by atoms with Gasteiger partial charge in [0, 0.05) is 12.0 Å². The van der Waals surface area contributed by atoms with E-state index in [1.54, 1.807) is 37.5 Å². The van der Waals surface area contributed by atoms with Gasteiger partial charge < -0.3 is 9.47 Å². The summed E-state index contributed by atoms with van der Waals surface area (Å²) in [4.78, 5) is 24.6. The molecule has 38 heavy (non-hydrogen) atoms. The highest BCUT2D eigenvalue weighted by molar-refractivity contribution is 6.06. The van der Waals surface area contributed by atoms with Crippen molar-refractivity contribution >= 4 is 17.8 Å². The predicted molar refractivity (Wildman–Crippen MR) is 158 cm³/mol. The van der Waals surface area contributed by atoms with Gasteiger partial charge in [0.25, 0.3) is 0 Å². The standard InChI is InChI=1S/C34H46O4/c1-3-4-5-6-7-8-9-10-11-12-13-14-15-16-17-18-34(36)38-32-26-22-30(23-27-32)33(35)28-21-29-19-24-31(37-2)25-20-29/h10-11,19-28H,3-9,12-18H2,1-2H3/b11-10-,28-21?. The van der Waals surface area contributed by atoms with Crippen molar-refractivity contribution in [3.05, 3.63) is 77.9 Å². The zero-order valence-corrected chi connectivity index (χ0v) is 23.5. The SMILES string of the molecule is CCCCCCCC/C=C\CCCCCCCC(=O)Oc1ccc(C(=O)C=Cc2ccc(OC)cc2)cc1. The van der Waals surface area contributed by atoms with Crippen LogP contribution in [0.5, 0.6) is 11.5 Å². The van der Waals surface area contributed by atoms with E-state index < -0.39 is 0 Å². The van der Waals surface area contributed by atoms with Gasteiger partial charge in [-0.3, -0.25) is 9.59 Å². The quantitative estimate of drug-likeness (QED) is 0.0437.